The van der Waals surface area contributed by atoms with Crippen LogP contribution >= 0.6 is 0 Å². The molecule has 20 heavy (non-hydrogen) atoms. The van der Waals surface area contributed by atoms with E-state index < -0.39 is 0 Å². The van der Waals surface area contributed by atoms with Crippen LogP contribution in [-0.4, -0.2) is 66.8 Å². The fraction of sp³-hybridized carbons (Fsp3) is 1.00. The van der Waals surface area contributed by atoms with Gasteiger partial charge in [0, 0.05) is 24.5 Å². The van der Waals surface area contributed by atoms with Crippen LogP contribution in [-0.2, 0) is 4.74 Å². The van der Waals surface area contributed by atoms with E-state index in [0.29, 0.717) is 12.0 Å². The van der Waals surface area contributed by atoms with Crippen LogP contribution in [0.2, 0.25) is 0 Å². The summed E-state index contributed by atoms with van der Waals surface area (Å²) in [5.74, 6) is 0.391. The van der Waals surface area contributed by atoms with Crippen molar-refractivity contribution in [2.75, 3.05) is 33.7 Å². The minimum atomic E-state index is -0.220. The summed E-state index contributed by atoms with van der Waals surface area (Å²) in [6, 6.07) is 0.795. The Balaban J connectivity index is 1.98. The van der Waals surface area contributed by atoms with Crippen molar-refractivity contribution in [1.29, 1.82) is 0 Å². The first-order valence-electron chi connectivity index (χ1n) is 7.98. The lowest BCUT2D eigenvalue weighted by Gasteiger charge is -2.38. The molecule has 0 radical (unpaired) electrons. The highest BCUT2D eigenvalue weighted by atomic mass is 16.5. The molecule has 0 aromatic rings. The van der Waals surface area contributed by atoms with Gasteiger partial charge in [0.1, 0.15) is 0 Å². The van der Waals surface area contributed by atoms with Gasteiger partial charge in [-0.3, -0.25) is 0 Å². The minimum Gasteiger partial charge on any atom is -0.368 e. The quantitative estimate of drug-likeness (QED) is 0.853. The summed E-state index contributed by atoms with van der Waals surface area (Å²) in [6.07, 6.45) is 2.53. The van der Waals surface area contributed by atoms with Gasteiger partial charge in [0.05, 0.1) is 11.2 Å². The summed E-state index contributed by atoms with van der Waals surface area (Å²) in [5, 5.41) is 0. The first-order chi connectivity index (χ1) is 9.13. The molecule has 2 saturated heterocycles. The average molecular weight is 283 g/mol. The smallest absolute Gasteiger partial charge is 0.0788 e. The Labute approximate surface area is 124 Å². The molecule has 2 rings (SSSR count). The Hall–Kier alpha value is -0.160. The Morgan fingerprint density at radius 2 is 1.70 bits per heavy atom. The lowest BCUT2D eigenvalue weighted by molar-refractivity contribution is -0.0790. The zero-order valence-corrected chi connectivity index (χ0v) is 14.1. The predicted molar refractivity (Wildman–Crippen MR) is 83.9 cm³/mol. The lowest BCUT2D eigenvalue weighted by Crippen LogP contribution is -2.50. The van der Waals surface area contributed by atoms with E-state index in [0.717, 1.165) is 6.54 Å². The summed E-state index contributed by atoms with van der Waals surface area (Å²) in [7, 11) is 4.46. The molecule has 2 aliphatic rings. The highest BCUT2D eigenvalue weighted by molar-refractivity contribution is 5.04. The molecular weight excluding hydrogens is 250 g/mol. The van der Waals surface area contributed by atoms with Crippen LogP contribution in [0.5, 0.6) is 0 Å². The molecule has 4 heteroatoms. The second kappa shape index (κ2) is 5.56. The van der Waals surface area contributed by atoms with Gasteiger partial charge in [-0.25, -0.2) is 0 Å². The van der Waals surface area contributed by atoms with Gasteiger partial charge in [-0.1, -0.05) is 0 Å². The van der Waals surface area contributed by atoms with Gasteiger partial charge in [0.25, 0.3) is 0 Å². The standard InChI is InChI=1S/C16H33N3O/c1-15(2)13(14(17)16(3,4)20-15)11-19(6)12-7-9-18(5)10-8-12/h12-14H,7-11,17H2,1-6H3. The van der Waals surface area contributed by atoms with E-state index in [4.69, 9.17) is 10.5 Å². The van der Waals surface area contributed by atoms with Crippen molar-refractivity contribution in [2.45, 2.75) is 63.8 Å². The molecule has 0 spiro atoms. The van der Waals surface area contributed by atoms with Crippen molar-refractivity contribution in [1.82, 2.24) is 9.80 Å². The first kappa shape index (κ1) is 16.2. The minimum absolute atomic E-state index is 0.103. The fourth-order valence-electron chi connectivity index (χ4n) is 3.97. The largest absolute Gasteiger partial charge is 0.368 e. The maximum Gasteiger partial charge on any atom is 0.0788 e. The van der Waals surface area contributed by atoms with Crippen molar-refractivity contribution in [3.05, 3.63) is 0 Å². The van der Waals surface area contributed by atoms with Gasteiger partial charge in [-0.05, 0) is 67.7 Å². The molecule has 4 nitrogen and oxygen atoms in total. The molecule has 0 aromatic heterocycles. The van der Waals surface area contributed by atoms with Crippen LogP contribution < -0.4 is 5.73 Å². The van der Waals surface area contributed by atoms with Crippen LogP contribution in [0.25, 0.3) is 0 Å². The van der Waals surface area contributed by atoms with Crippen molar-refractivity contribution >= 4 is 0 Å². The fourth-order valence-corrected chi connectivity index (χ4v) is 3.97. The molecule has 118 valence electrons. The Morgan fingerprint density at radius 1 is 1.15 bits per heavy atom. The van der Waals surface area contributed by atoms with Crippen LogP contribution in [0.1, 0.15) is 40.5 Å². The zero-order chi connectivity index (χ0) is 15.1. The molecule has 0 bridgehead atoms. The average Bonchev–Trinajstić information content (AvgIpc) is 2.48. The summed E-state index contributed by atoms with van der Waals surface area (Å²) >= 11 is 0. The third-order valence-electron chi connectivity index (χ3n) is 5.45. The molecule has 2 fully saturated rings. The molecule has 0 aliphatic carbocycles. The van der Waals surface area contributed by atoms with E-state index in [9.17, 15) is 0 Å². The number of nitrogens with zero attached hydrogens (tertiary/aromatic N) is 2. The van der Waals surface area contributed by atoms with E-state index in [1.54, 1.807) is 0 Å². The topological polar surface area (TPSA) is 41.7 Å². The second-order valence-electron chi connectivity index (χ2n) is 7.92. The van der Waals surface area contributed by atoms with Crippen LogP contribution in [0.15, 0.2) is 0 Å². The van der Waals surface area contributed by atoms with Crippen molar-refractivity contribution < 1.29 is 4.74 Å². The van der Waals surface area contributed by atoms with E-state index >= 15 is 0 Å². The molecule has 2 unspecified atom stereocenters. The number of piperidine rings is 1. The summed E-state index contributed by atoms with van der Waals surface area (Å²) in [6.45, 7) is 12.1. The monoisotopic (exact) mass is 283 g/mol. The Morgan fingerprint density at radius 3 is 2.15 bits per heavy atom. The molecule has 0 amide bonds. The van der Waals surface area contributed by atoms with Crippen LogP contribution in [0.3, 0.4) is 0 Å². The molecular formula is C16H33N3O. The molecule has 2 aliphatic heterocycles. The van der Waals surface area contributed by atoms with Gasteiger partial charge in [0.2, 0.25) is 0 Å². The van der Waals surface area contributed by atoms with E-state index in [1.165, 1.54) is 25.9 Å². The molecule has 2 N–H and O–H groups in total. The Kier molecular flexibility index (Phi) is 4.51. The van der Waals surface area contributed by atoms with Gasteiger partial charge >= 0.3 is 0 Å². The SMILES string of the molecule is CN1CCC(N(C)CC2C(N)C(C)(C)OC2(C)C)CC1. The second-order valence-corrected chi connectivity index (χ2v) is 7.92. The van der Waals surface area contributed by atoms with E-state index in [2.05, 4.69) is 51.6 Å². The lowest BCUT2D eigenvalue weighted by atomic mass is 9.82. The van der Waals surface area contributed by atoms with E-state index in [-0.39, 0.29) is 17.2 Å². The van der Waals surface area contributed by atoms with Crippen molar-refractivity contribution in [3.63, 3.8) is 0 Å². The third-order valence-corrected chi connectivity index (χ3v) is 5.45. The zero-order valence-electron chi connectivity index (χ0n) is 14.1. The summed E-state index contributed by atoms with van der Waals surface area (Å²) < 4.78 is 6.21. The van der Waals surface area contributed by atoms with Gasteiger partial charge in [-0.15, -0.1) is 0 Å². The van der Waals surface area contributed by atoms with Gasteiger partial charge < -0.3 is 20.3 Å². The van der Waals surface area contributed by atoms with Gasteiger partial charge in [0.15, 0.2) is 0 Å². The number of nitrogens with two attached hydrogens (primary N) is 1. The normalized spacial score (nSPS) is 34.8. The molecule has 0 aromatic carbocycles. The van der Waals surface area contributed by atoms with E-state index in [1.807, 2.05) is 0 Å². The first-order valence-corrected chi connectivity index (χ1v) is 7.98. The number of hydrogen-bond acceptors (Lipinski definition) is 4. The summed E-state index contributed by atoms with van der Waals surface area (Å²) in [5.41, 5.74) is 6.12. The number of likely N-dealkylation sites (tertiary alicyclic amines) is 1. The summed E-state index contributed by atoms with van der Waals surface area (Å²) in [4.78, 5) is 4.94. The van der Waals surface area contributed by atoms with Crippen LogP contribution in [0.4, 0.5) is 0 Å². The van der Waals surface area contributed by atoms with Crippen LogP contribution in [0, 0.1) is 5.92 Å². The number of hydrogen-bond donors (Lipinski definition) is 1. The van der Waals surface area contributed by atoms with Gasteiger partial charge in [-0.2, -0.15) is 0 Å². The maximum atomic E-state index is 6.47. The predicted octanol–water partition coefficient (Wildman–Crippen LogP) is 1.54. The molecule has 0 saturated carbocycles. The number of ether oxygens (including phenoxy) is 1. The Bertz CT molecular complexity index is 335. The maximum absolute atomic E-state index is 6.47. The number of rotatable bonds is 3. The van der Waals surface area contributed by atoms with Crippen molar-refractivity contribution in [3.8, 4) is 0 Å². The highest BCUT2D eigenvalue weighted by Gasteiger charge is 2.52. The van der Waals surface area contributed by atoms with Crippen molar-refractivity contribution in [2.24, 2.45) is 11.7 Å². The highest BCUT2D eigenvalue weighted by Crippen LogP contribution is 2.41. The third kappa shape index (κ3) is 3.19. The molecule has 2 heterocycles. The molecule has 2 atom stereocenters.